The van der Waals surface area contributed by atoms with E-state index in [2.05, 4.69) is 31.5 Å². The van der Waals surface area contributed by atoms with Crippen molar-refractivity contribution >= 4 is 17.6 Å². The summed E-state index contributed by atoms with van der Waals surface area (Å²) in [7, 11) is 1.36. The summed E-state index contributed by atoms with van der Waals surface area (Å²) in [6, 6.07) is 20.4. The number of benzene rings is 3. The Kier molecular flexibility index (Phi) is 7.51. The Bertz CT molecular complexity index is 1700. The first-order valence-electron chi connectivity index (χ1n) is 12.5. The van der Waals surface area contributed by atoms with Crippen molar-refractivity contribution in [3.05, 3.63) is 107 Å². The third-order valence-corrected chi connectivity index (χ3v) is 6.13. The number of rotatable bonds is 8. The maximum atomic E-state index is 11.8. The van der Waals surface area contributed by atoms with Gasteiger partial charge in [0.05, 0.1) is 25.4 Å². The molecule has 5 rings (SSSR count). The van der Waals surface area contributed by atoms with Crippen LogP contribution in [0.3, 0.4) is 0 Å². The summed E-state index contributed by atoms with van der Waals surface area (Å²) < 4.78 is 12.7. The second-order valence-electron chi connectivity index (χ2n) is 9.10. The molecule has 3 aromatic carbocycles. The van der Waals surface area contributed by atoms with E-state index >= 15 is 0 Å². The Labute approximate surface area is 231 Å². The number of carbonyl (C=O) groups is 1. The molecule has 0 saturated heterocycles. The van der Waals surface area contributed by atoms with Gasteiger partial charge >= 0.3 is 5.97 Å². The number of hydrogen-bond acceptors (Lipinski definition) is 8. The Morgan fingerprint density at radius 1 is 1.05 bits per heavy atom. The molecule has 0 spiro atoms. The molecule has 0 atom stereocenters. The molecule has 2 aromatic heterocycles. The molecule has 40 heavy (non-hydrogen) atoms. The Morgan fingerprint density at radius 2 is 1.82 bits per heavy atom. The molecule has 0 radical (unpaired) electrons. The fourth-order valence-corrected chi connectivity index (χ4v) is 4.21. The van der Waals surface area contributed by atoms with Gasteiger partial charge in [-0.3, -0.25) is 0 Å². The highest BCUT2D eigenvalue weighted by molar-refractivity contribution is 5.89. The lowest BCUT2D eigenvalue weighted by molar-refractivity contribution is 0.0600. The summed E-state index contributed by atoms with van der Waals surface area (Å²) in [6.07, 6.45) is 8.94. The van der Waals surface area contributed by atoms with E-state index < -0.39 is 0 Å². The average molecular weight is 531 g/mol. The number of ether oxygens (including phenoxy) is 2. The van der Waals surface area contributed by atoms with Gasteiger partial charge in [0.25, 0.3) is 0 Å². The lowest BCUT2D eigenvalue weighted by Gasteiger charge is -2.13. The third kappa shape index (κ3) is 5.97. The van der Waals surface area contributed by atoms with Crippen molar-refractivity contribution in [2.75, 3.05) is 12.4 Å². The molecule has 9 heteroatoms. The monoisotopic (exact) mass is 530 g/mol. The van der Waals surface area contributed by atoms with Crippen LogP contribution in [0.2, 0.25) is 0 Å². The maximum Gasteiger partial charge on any atom is 0.337 e. The van der Waals surface area contributed by atoms with E-state index in [1.165, 1.54) is 7.11 Å². The highest BCUT2D eigenvalue weighted by Crippen LogP contribution is 2.32. The first kappa shape index (κ1) is 26.1. The lowest BCUT2D eigenvalue weighted by atomic mass is 10.0. The van der Waals surface area contributed by atoms with Gasteiger partial charge in [-0.2, -0.15) is 4.98 Å². The van der Waals surface area contributed by atoms with Gasteiger partial charge in [-0.05, 0) is 79.1 Å². The molecule has 0 unspecified atom stereocenters. The van der Waals surface area contributed by atoms with Crippen molar-refractivity contribution in [2.24, 2.45) is 0 Å². The maximum absolute atomic E-state index is 11.8. The van der Waals surface area contributed by atoms with Crippen LogP contribution in [0.4, 0.5) is 11.6 Å². The van der Waals surface area contributed by atoms with Crippen molar-refractivity contribution < 1.29 is 14.3 Å². The average Bonchev–Trinajstić information content (AvgIpc) is 3.43. The van der Waals surface area contributed by atoms with Crippen molar-refractivity contribution in [3.8, 4) is 35.2 Å². The molecule has 9 nitrogen and oxygen atoms in total. The predicted octanol–water partition coefficient (Wildman–Crippen LogP) is 5.70. The van der Waals surface area contributed by atoms with Crippen LogP contribution in [0.15, 0.2) is 79.1 Å². The van der Waals surface area contributed by atoms with Crippen LogP contribution >= 0.6 is 0 Å². The van der Waals surface area contributed by atoms with Crippen molar-refractivity contribution in [1.82, 2.24) is 25.0 Å². The Hall–Kier alpha value is -5.49. The Morgan fingerprint density at radius 3 is 2.55 bits per heavy atom. The SMILES string of the molecule is C#Cc1ccc(Nc2nccc(Oc3c(C)cc(-c4cn(Cc5cccc(C(=O)OC)c5)nn4)cc3C)n2)cc1. The van der Waals surface area contributed by atoms with E-state index in [4.69, 9.17) is 15.9 Å². The van der Waals surface area contributed by atoms with Crippen molar-refractivity contribution in [3.63, 3.8) is 0 Å². The normalized spacial score (nSPS) is 10.6. The minimum absolute atomic E-state index is 0.376. The number of hydrogen-bond donors (Lipinski definition) is 1. The zero-order chi connectivity index (χ0) is 28.1. The minimum Gasteiger partial charge on any atom is -0.465 e. The second-order valence-corrected chi connectivity index (χ2v) is 9.10. The second kappa shape index (κ2) is 11.5. The smallest absolute Gasteiger partial charge is 0.337 e. The molecule has 0 aliphatic rings. The summed E-state index contributed by atoms with van der Waals surface area (Å²) >= 11 is 0. The molecule has 2 heterocycles. The number of aromatic nitrogens is 5. The topological polar surface area (TPSA) is 104 Å². The summed E-state index contributed by atoms with van der Waals surface area (Å²) in [5.41, 5.74) is 6.51. The number of anilines is 2. The summed E-state index contributed by atoms with van der Waals surface area (Å²) in [6.45, 7) is 4.42. The van der Waals surface area contributed by atoms with Crippen LogP contribution in [0, 0.1) is 26.2 Å². The zero-order valence-corrected chi connectivity index (χ0v) is 22.3. The van der Waals surface area contributed by atoms with E-state index in [-0.39, 0.29) is 5.97 Å². The number of nitrogens with one attached hydrogen (secondary N) is 1. The third-order valence-electron chi connectivity index (χ3n) is 6.13. The largest absolute Gasteiger partial charge is 0.465 e. The van der Waals surface area contributed by atoms with Gasteiger partial charge in [0.1, 0.15) is 11.4 Å². The minimum atomic E-state index is -0.376. The van der Waals surface area contributed by atoms with Crippen LogP contribution in [0.1, 0.15) is 32.6 Å². The molecule has 0 amide bonds. The van der Waals surface area contributed by atoms with Crippen LogP contribution < -0.4 is 10.1 Å². The molecular formula is C31H26N6O3. The molecular weight excluding hydrogens is 504 g/mol. The summed E-state index contributed by atoms with van der Waals surface area (Å²) in [5.74, 6) is 3.75. The highest BCUT2D eigenvalue weighted by Gasteiger charge is 2.13. The van der Waals surface area contributed by atoms with Crippen molar-refractivity contribution in [1.29, 1.82) is 0 Å². The number of methoxy groups -OCH3 is 1. The van der Waals surface area contributed by atoms with Crippen LogP contribution in [-0.2, 0) is 11.3 Å². The summed E-state index contributed by atoms with van der Waals surface area (Å²) in [5, 5.41) is 11.8. The first-order valence-corrected chi connectivity index (χ1v) is 12.5. The molecule has 0 aliphatic heterocycles. The first-order chi connectivity index (χ1) is 19.4. The molecule has 0 saturated carbocycles. The number of nitrogens with zero attached hydrogens (tertiary/aromatic N) is 5. The molecule has 0 fully saturated rings. The van der Waals surface area contributed by atoms with Crippen LogP contribution in [0.5, 0.6) is 11.6 Å². The molecule has 0 aliphatic carbocycles. The quantitative estimate of drug-likeness (QED) is 0.201. The number of aryl methyl sites for hydroxylation is 2. The summed E-state index contributed by atoms with van der Waals surface area (Å²) in [4.78, 5) is 20.6. The predicted molar refractivity (Wildman–Crippen MR) is 152 cm³/mol. The van der Waals surface area contributed by atoms with E-state index in [1.807, 2.05) is 68.6 Å². The standard InChI is InChI=1S/C31H26N6O3/c1-5-22-9-11-26(12-10-22)33-31-32-14-13-28(34-31)40-29-20(2)15-25(16-21(29)3)27-19-37(36-35-27)18-23-7-6-8-24(17-23)30(38)39-4/h1,6-17,19H,18H2,2-4H3,(H,32,33,34). The van der Waals surface area contributed by atoms with Gasteiger partial charge in [0, 0.05) is 29.1 Å². The van der Waals surface area contributed by atoms with Crippen LogP contribution in [0.25, 0.3) is 11.3 Å². The number of carbonyl (C=O) groups excluding carboxylic acids is 1. The fraction of sp³-hybridized carbons (Fsp3) is 0.129. The molecule has 1 N–H and O–H groups in total. The number of esters is 1. The van der Waals surface area contributed by atoms with Crippen LogP contribution in [-0.4, -0.2) is 38.0 Å². The van der Waals surface area contributed by atoms with Gasteiger partial charge in [-0.15, -0.1) is 11.5 Å². The zero-order valence-electron chi connectivity index (χ0n) is 22.3. The van der Waals surface area contributed by atoms with Gasteiger partial charge in [0.15, 0.2) is 0 Å². The molecule has 198 valence electrons. The van der Waals surface area contributed by atoms with E-state index in [1.54, 1.807) is 29.1 Å². The lowest BCUT2D eigenvalue weighted by Crippen LogP contribution is -2.04. The Balaban J connectivity index is 1.30. The van der Waals surface area contributed by atoms with E-state index in [9.17, 15) is 4.79 Å². The molecule has 0 bridgehead atoms. The van der Waals surface area contributed by atoms with Crippen molar-refractivity contribution in [2.45, 2.75) is 20.4 Å². The van der Waals surface area contributed by atoms with Gasteiger partial charge in [0.2, 0.25) is 11.8 Å². The molecule has 5 aromatic rings. The highest BCUT2D eigenvalue weighted by atomic mass is 16.5. The van der Waals surface area contributed by atoms with Gasteiger partial charge in [-0.1, -0.05) is 23.3 Å². The fourth-order valence-electron chi connectivity index (χ4n) is 4.21. The number of terminal acetylenes is 1. The van der Waals surface area contributed by atoms with Gasteiger partial charge in [-0.25, -0.2) is 14.5 Å². The van der Waals surface area contributed by atoms with E-state index in [0.29, 0.717) is 29.7 Å². The van der Waals surface area contributed by atoms with E-state index in [0.717, 1.165) is 39.2 Å². The van der Waals surface area contributed by atoms with Gasteiger partial charge < -0.3 is 14.8 Å².